The number of halogens is 2. The molecule has 3 nitrogen and oxygen atoms in total. The van der Waals surface area contributed by atoms with Crippen LogP contribution in [0.3, 0.4) is 0 Å². The van der Waals surface area contributed by atoms with Gasteiger partial charge in [0.1, 0.15) is 19.0 Å². The topological polar surface area (TPSA) is 27.7 Å². The van der Waals surface area contributed by atoms with Crippen LogP contribution < -0.4 is 14.2 Å². The molecule has 0 N–H and O–H groups in total. The zero-order valence-corrected chi connectivity index (χ0v) is 14.8. The average molecular weight is 416 g/mol. The Morgan fingerprint density at radius 2 is 1.76 bits per heavy atom. The van der Waals surface area contributed by atoms with E-state index in [1.54, 1.807) is 7.11 Å². The van der Waals surface area contributed by atoms with Crippen LogP contribution in [0.4, 0.5) is 0 Å². The molecule has 0 radical (unpaired) electrons. The van der Waals surface area contributed by atoms with E-state index in [2.05, 4.69) is 31.9 Å². The van der Waals surface area contributed by atoms with Crippen molar-refractivity contribution in [2.24, 2.45) is 0 Å². The molecule has 0 atom stereocenters. The number of rotatable bonds is 7. The van der Waals surface area contributed by atoms with Crippen LogP contribution in [-0.2, 0) is 5.33 Å². The molecule has 2 aromatic rings. The second kappa shape index (κ2) is 8.29. The number of ether oxygens (including phenoxy) is 3. The molecular weight excluding hydrogens is 400 g/mol. The molecule has 0 heterocycles. The second-order valence-electron chi connectivity index (χ2n) is 4.27. The first-order valence-corrected chi connectivity index (χ1v) is 8.38. The van der Waals surface area contributed by atoms with E-state index in [9.17, 15) is 0 Å². The van der Waals surface area contributed by atoms with Crippen molar-refractivity contribution in [3.63, 3.8) is 0 Å². The van der Waals surface area contributed by atoms with Crippen molar-refractivity contribution in [2.75, 3.05) is 20.3 Å². The van der Waals surface area contributed by atoms with Gasteiger partial charge in [0.2, 0.25) is 0 Å². The van der Waals surface area contributed by atoms with Crippen molar-refractivity contribution in [3.05, 3.63) is 52.5 Å². The standard InChI is InChI=1S/C16H16Br2O3/c1-19-16-9-12(11-17)5-6-15(16)21-8-7-20-14-4-2-3-13(18)10-14/h2-6,9-10H,7-8,11H2,1H3. The van der Waals surface area contributed by atoms with E-state index in [0.717, 1.165) is 32.6 Å². The van der Waals surface area contributed by atoms with E-state index < -0.39 is 0 Å². The molecule has 0 aliphatic heterocycles. The summed E-state index contributed by atoms with van der Waals surface area (Å²) >= 11 is 6.83. The van der Waals surface area contributed by atoms with E-state index in [1.165, 1.54) is 0 Å². The Morgan fingerprint density at radius 1 is 0.952 bits per heavy atom. The van der Waals surface area contributed by atoms with Gasteiger partial charge in [-0.2, -0.15) is 0 Å². The van der Waals surface area contributed by atoms with E-state index >= 15 is 0 Å². The van der Waals surface area contributed by atoms with Crippen LogP contribution in [0.1, 0.15) is 5.56 Å². The van der Waals surface area contributed by atoms with Gasteiger partial charge in [-0.1, -0.05) is 44.0 Å². The number of benzene rings is 2. The SMILES string of the molecule is COc1cc(CBr)ccc1OCCOc1cccc(Br)c1. The number of methoxy groups -OCH3 is 1. The molecule has 0 aliphatic carbocycles. The van der Waals surface area contributed by atoms with Crippen molar-refractivity contribution < 1.29 is 14.2 Å². The Kier molecular flexibility index (Phi) is 6.39. The van der Waals surface area contributed by atoms with Crippen molar-refractivity contribution in [2.45, 2.75) is 5.33 Å². The number of hydrogen-bond acceptors (Lipinski definition) is 3. The largest absolute Gasteiger partial charge is 0.493 e. The molecule has 5 heteroatoms. The normalized spacial score (nSPS) is 10.2. The maximum atomic E-state index is 5.70. The fraction of sp³-hybridized carbons (Fsp3) is 0.250. The lowest BCUT2D eigenvalue weighted by atomic mass is 10.2. The minimum absolute atomic E-state index is 0.455. The van der Waals surface area contributed by atoms with Crippen molar-refractivity contribution in [3.8, 4) is 17.2 Å². The Balaban J connectivity index is 1.86. The molecule has 0 aliphatic rings. The fourth-order valence-corrected chi connectivity index (χ4v) is 2.51. The molecular formula is C16H16Br2O3. The van der Waals surface area contributed by atoms with Crippen LogP contribution in [0.2, 0.25) is 0 Å². The Bertz CT molecular complexity index is 587. The van der Waals surface area contributed by atoms with Gasteiger partial charge >= 0.3 is 0 Å². The summed E-state index contributed by atoms with van der Waals surface area (Å²) in [6.07, 6.45) is 0. The Hall–Kier alpha value is -1.20. The lowest BCUT2D eigenvalue weighted by Crippen LogP contribution is -2.09. The summed E-state index contributed by atoms with van der Waals surface area (Å²) in [4.78, 5) is 0. The molecule has 0 spiro atoms. The highest BCUT2D eigenvalue weighted by Crippen LogP contribution is 2.28. The molecule has 0 aromatic heterocycles. The molecule has 0 saturated carbocycles. The van der Waals surface area contributed by atoms with Crippen LogP contribution in [0.15, 0.2) is 46.9 Å². The summed E-state index contributed by atoms with van der Waals surface area (Å²) in [5, 5.41) is 0.787. The van der Waals surface area contributed by atoms with Gasteiger partial charge in [-0.15, -0.1) is 0 Å². The van der Waals surface area contributed by atoms with Crippen molar-refractivity contribution in [1.29, 1.82) is 0 Å². The van der Waals surface area contributed by atoms with Crippen LogP contribution in [0, 0.1) is 0 Å². The van der Waals surface area contributed by atoms with Gasteiger partial charge in [-0.3, -0.25) is 0 Å². The van der Waals surface area contributed by atoms with Gasteiger partial charge in [0.05, 0.1) is 7.11 Å². The van der Waals surface area contributed by atoms with Gasteiger partial charge < -0.3 is 14.2 Å². The molecule has 112 valence electrons. The molecule has 2 aromatic carbocycles. The first-order valence-electron chi connectivity index (χ1n) is 6.47. The minimum Gasteiger partial charge on any atom is -0.493 e. The maximum absolute atomic E-state index is 5.70. The summed E-state index contributed by atoms with van der Waals surface area (Å²) in [5.74, 6) is 2.27. The molecule has 0 fully saturated rings. The molecule has 0 amide bonds. The van der Waals surface area contributed by atoms with Crippen molar-refractivity contribution in [1.82, 2.24) is 0 Å². The van der Waals surface area contributed by atoms with Crippen molar-refractivity contribution >= 4 is 31.9 Å². The summed E-state index contributed by atoms with van der Waals surface area (Å²) in [6, 6.07) is 13.6. The third-order valence-corrected chi connectivity index (χ3v) is 3.93. The lowest BCUT2D eigenvalue weighted by molar-refractivity contribution is 0.211. The lowest BCUT2D eigenvalue weighted by Gasteiger charge is -2.12. The van der Waals surface area contributed by atoms with Crippen LogP contribution >= 0.6 is 31.9 Å². The van der Waals surface area contributed by atoms with Crippen LogP contribution in [0.25, 0.3) is 0 Å². The predicted molar refractivity (Wildman–Crippen MR) is 90.8 cm³/mol. The zero-order valence-electron chi connectivity index (χ0n) is 11.6. The summed E-state index contributed by atoms with van der Waals surface area (Å²) in [6.45, 7) is 0.927. The minimum atomic E-state index is 0.455. The summed E-state index contributed by atoms with van der Waals surface area (Å²) in [7, 11) is 1.64. The Labute approximate surface area is 141 Å². The van der Waals surface area contributed by atoms with E-state index in [0.29, 0.717) is 13.2 Å². The van der Waals surface area contributed by atoms with E-state index in [4.69, 9.17) is 14.2 Å². The van der Waals surface area contributed by atoms with Gasteiger partial charge in [-0.05, 0) is 35.9 Å². The van der Waals surface area contributed by atoms with E-state index in [-0.39, 0.29) is 0 Å². The van der Waals surface area contributed by atoms with Gasteiger partial charge in [-0.25, -0.2) is 0 Å². The third kappa shape index (κ3) is 4.93. The van der Waals surface area contributed by atoms with Gasteiger partial charge in [0, 0.05) is 9.80 Å². The quantitative estimate of drug-likeness (QED) is 0.479. The smallest absolute Gasteiger partial charge is 0.161 e. The molecule has 0 bridgehead atoms. The monoisotopic (exact) mass is 414 g/mol. The van der Waals surface area contributed by atoms with Gasteiger partial charge in [0.15, 0.2) is 11.5 Å². The number of alkyl halides is 1. The maximum Gasteiger partial charge on any atom is 0.161 e. The summed E-state index contributed by atoms with van der Waals surface area (Å²) in [5.41, 5.74) is 1.14. The first-order chi connectivity index (χ1) is 10.2. The highest BCUT2D eigenvalue weighted by Gasteiger charge is 2.05. The third-order valence-electron chi connectivity index (χ3n) is 2.79. The summed E-state index contributed by atoms with van der Waals surface area (Å²) < 4.78 is 17.6. The van der Waals surface area contributed by atoms with Crippen LogP contribution in [-0.4, -0.2) is 20.3 Å². The van der Waals surface area contributed by atoms with Gasteiger partial charge in [0.25, 0.3) is 0 Å². The van der Waals surface area contributed by atoms with E-state index in [1.807, 2.05) is 42.5 Å². The highest BCUT2D eigenvalue weighted by molar-refractivity contribution is 9.10. The molecule has 0 saturated heterocycles. The van der Waals surface area contributed by atoms with Crippen LogP contribution in [0.5, 0.6) is 17.2 Å². The Morgan fingerprint density at radius 3 is 2.48 bits per heavy atom. The second-order valence-corrected chi connectivity index (χ2v) is 5.75. The highest BCUT2D eigenvalue weighted by atomic mass is 79.9. The molecule has 0 unspecified atom stereocenters. The molecule has 2 rings (SSSR count). The number of hydrogen-bond donors (Lipinski definition) is 0. The predicted octanol–water partition coefficient (Wildman–Crippen LogP) is 4.81. The average Bonchev–Trinajstić information content (AvgIpc) is 2.51. The fourth-order valence-electron chi connectivity index (χ4n) is 1.78. The zero-order chi connectivity index (χ0) is 15.1. The molecule has 21 heavy (non-hydrogen) atoms. The first kappa shape index (κ1) is 16.2.